The van der Waals surface area contributed by atoms with Gasteiger partial charge in [0.1, 0.15) is 0 Å². The molecule has 0 saturated heterocycles. The van der Waals surface area contributed by atoms with Crippen LogP contribution in [0.3, 0.4) is 0 Å². The van der Waals surface area contributed by atoms with E-state index in [1.807, 2.05) is 0 Å². The van der Waals surface area contributed by atoms with Crippen LogP contribution in [0.25, 0.3) is 11.3 Å². The van der Waals surface area contributed by atoms with Gasteiger partial charge in [0, 0.05) is 23.5 Å². The molecule has 0 fully saturated rings. The first-order valence-electron chi connectivity index (χ1n) is 5.66. The van der Waals surface area contributed by atoms with Gasteiger partial charge in [-0.2, -0.15) is 13.2 Å². The topological polar surface area (TPSA) is 32.9 Å². The predicted molar refractivity (Wildman–Crippen MR) is 67.0 cm³/mol. The fraction of sp³-hybridized carbons (Fsp3) is 0.214. The molecule has 0 spiro atoms. The molecule has 0 bridgehead atoms. The standard InChI is InChI=1S/C14H12F3NO/c1-8-5-10(3-4-12(8)14(15,16)17)13-7-11(19)6-9(2)18-13/h3-7H,1-2H3,(H,18,19). The van der Waals surface area contributed by atoms with E-state index in [1.165, 1.54) is 31.2 Å². The van der Waals surface area contributed by atoms with Crippen LogP contribution >= 0.6 is 0 Å². The number of rotatable bonds is 1. The van der Waals surface area contributed by atoms with Crippen molar-refractivity contribution in [1.82, 2.24) is 4.98 Å². The molecule has 2 nitrogen and oxygen atoms in total. The van der Waals surface area contributed by atoms with Gasteiger partial charge in [-0.1, -0.05) is 6.07 Å². The summed E-state index contributed by atoms with van der Waals surface area (Å²) in [5.74, 6) is 0. The Hall–Kier alpha value is -2.04. The fourth-order valence-corrected chi connectivity index (χ4v) is 1.99. The Bertz CT molecular complexity index is 671. The third-order valence-corrected chi connectivity index (χ3v) is 2.82. The molecule has 100 valence electrons. The van der Waals surface area contributed by atoms with Crippen molar-refractivity contribution >= 4 is 0 Å². The van der Waals surface area contributed by atoms with Gasteiger partial charge in [-0.05, 0) is 37.1 Å². The maximum absolute atomic E-state index is 12.7. The van der Waals surface area contributed by atoms with Crippen LogP contribution in [0.2, 0.25) is 0 Å². The molecule has 19 heavy (non-hydrogen) atoms. The van der Waals surface area contributed by atoms with Gasteiger partial charge in [0.25, 0.3) is 0 Å². The third kappa shape index (κ3) is 2.86. The van der Waals surface area contributed by atoms with Crippen molar-refractivity contribution in [2.45, 2.75) is 20.0 Å². The van der Waals surface area contributed by atoms with Crippen LogP contribution in [0, 0.1) is 13.8 Å². The highest BCUT2D eigenvalue weighted by Gasteiger charge is 2.32. The maximum atomic E-state index is 12.7. The Balaban J connectivity index is 2.53. The third-order valence-electron chi connectivity index (χ3n) is 2.82. The lowest BCUT2D eigenvalue weighted by atomic mass is 10.0. The number of alkyl halides is 3. The number of aromatic amines is 1. The second-order valence-corrected chi connectivity index (χ2v) is 4.44. The van der Waals surface area contributed by atoms with Crippen molar-refractivity contribution in [3.63, 3.8) is 0 Å². The van der Waals surface area contributed by atoms with Crippen molar-refractivity contribution in [1.29, 1.82) is 0 Å². The van der Waals surface area contributed by atoms with Crippen LogP contribution < -0.4 is 5.43 Å². The maximum Gasteiger partial charge on any atom is 0.416 e. The van der Waals surface area contributed by atoms with Crippen LogP contribution in [0.15, 0.2) is 35.1 Å². The Morgan fingerprint density at radius 1 is 1.05 bits per heavy atom. The molecular formula is C14H12F3NO. The lowest BCUT2D eigenvalue weighted by Gasteiger charge is -2.12. The SMILES string of the molecule is Cc1cc(=O)cc(-c2ccc(C(F)(F)F)c(C)c2)[nH]1. The summed E-state index contributed by atoms with van der Waals surface area (Å²) >= 11 is 0. The van der Waals surface area contributed by atoms with E-state index in [1.54, 1.807) is 6.92 Å². The van der Waals surface area contributed by atoms with Gasteiger partial charge in [-0.3, -0.25) is 4.79 Å². The number of hydrogen-bond donors (Lipinski definition) is 1. The summed E-state index contributed by atoms with van der Waals surface area (Å²) in [5, 5.41) is 0. The van der Waals surface area contributed by atoms with E-state index in [9.17, 15) is 18.0 Å². The van der Waals surface area contributed by atoms with E-state index in [0.29, 0.717) is 17.0 Å². The lowest BCUT2D eigenvalue weighted by molar-refractivity contribution is -0.138. The Labute approximate surface area is 107 Å². The van der Waals surface area contributed by atoms with Crippen LogP contribution in [-0.4, -0.2) is 4.98 Å². The highest BCUT2D eigenvalue weighted by Crippen LogP contribution is 2.33. The summed E-state index contributed by atoms with van der Waals surface area (Å²) in [6.07, 6.45) is -4.36. The summed E-state index contributed by atoms with van der Waals surface area (Å²) in [4.78, 5) is 14.4. The average molecular weight is 267 g/mol. The van der Waals surface area contributed by atoms with Crippen LogP contribution in [0.4, 0.5) is 13.2 Å². The van der Waals surface area contributed by atoms with E-state index in [0.717, 1.165) is 6.07 Å². The van der Waals surface area contributed by atoms with E-state index in [4.69, 9.17) is 0 Å². The minimum atomic E-state index is -4.36. The quantitative estimate of drug-likeness (QED) is 0.840. The first kappa shape index (κ1) is 13.4. The molecule has 0 radical (unpaired) electrons. The van der Waals surface area contributed by atoms with Gasteiger partial charge in [-0.25, -0.2) is 0 Å². The van der Waals surface area contributed by atoms with Gasteiger partial charge >= 0.3 is 6.18 Å². The van der Waals surface area contributed by atoms with Gasteiger partial charge < -0.3 is 4.98 Å². The van der Waals surface area contributed by atoms with Crippen molar-refractivity contribution in [2.75, 3.05) is 0 Å². The zero-order valence-electron chi connectivity index (χ0n) is 10.4. The second kappa shape index (κ2) is 4.57. The van der Waals surface area contributed by atoms with Crippen molar-refractivity contribution in [3.05, 3.63) is 57.4 Å². The van der Waals surface area contributed by atoms with Gasteiger partial charge in [-0.15, -0.1) is 0 Å². The number of benzene rings is 1. The second-order valence-electron chi connectivity index (χ2n) is 4.44. The molecule has 1 aromatic carbocycles. The smallest absolute Gasteiger partial charge is 0.358 e. The average Bonchev–Trinajstić information content (AvgIpc) is 2.25. The molecule has 2 aromatic rings. The van der Waals surface area contributed by atoms with Crippen molar-refractivity contribution in [3.8, 4) is 11.3 Å². The molecule has 1 heterocycles. The molecule has 2 rings (SSSR count). The van der Waals surface area contributed by atoms with Gasteiger partial charge in [0.05, 0.1) is 5.56 Å². The van der Waals surface area contributed by atoms with Gasteiger partial charge in [0.15, 0.2) is 5.43 Å². The number of pyridine rings is 1. The van der Waals surface area contributed by atoms with E-state index in [2.05, 4.69) is 4.98 Å². The molecular weight excluding hydrogens is 255 g/mol. The van der Waals surface area contributed by atoms with Crippen LogP contribution in [-0.2, 0) is 6.18 Å². The van der Waals surface area contributed by atoms with E-state index in [-0.39, 0.29) is 11.0 Å². The molecule has 1 aromatic heterocycles. The van der Waals surface area contributed by atoms with Crippen molar-refractivity contribution in [2.24, 2.45) is 0 Å². The summed E-state index contributed by atoms with van der Waals surface area (Å²) < 4.78 is 38.0. The summed E-state index contributed by atoms with van der Waals surface area (Å²) in [7, 11) is 0. The number of nitrogens with one attached hydrogen (secondary N) is 1. The Kier molecular flexibility index (Phi) is 3.22. The normalized spacial score (nSPS) is 11.6. The Morgan fingerprint density at radius 3 is 2.26 bits per heavy atom. The molecule has 1 N–H and O–H groups in total. The largest absolute Gasteiger partial charge is 0.416 e. The number of H-pyrrole nitrogens is 1. The zero-order valence-corrected chi connectivity index (χ0v) is 10.4. The van der Waals surface area contributed by atoms with E-state index < -0.39 is 11.7 Å². The summed E-state index contributed by atoms with van der Waals surface area (Å²) in [5.41, 5.74) is 1.04. The molecule has 5 heteroatoms. The highest BCUT2D eigenvalue weighted by molar-refractivity contribution is 5.61. The molecule has 0 unspecified atom stereocenters. The fourth-order valence-electron chi connectivity index (χ4n) is 1.99. The lowest BCUT2D eigenvalue weighted by Crippen LogP contribution is -2.07. The number of hydrogen-bond acceptors (Lipinski definition) is 1. The monoisotopic (exact) mass is 267 g/mol. The Morgan fingerprint density at radius 2 is 1.74 bits per heavy atom. The first-order valence-corrected chi connectivity index (χ1v) is 5.66. The zero-order chi connectivity index (χ0) is 14.2. The molecule has 0 aliphatic rings. The van der Waals surface area contributed by atoms with Crippen molar-refractivity contribution < 1.29 is 13.2 Å². The first-order chi connectivity index (χ1) is 8.77. The number of aromatic nitrogens is 1. The van der Waals surface area contributed by atoms with Crippen LogP contribution in [0.5, 0.6) is 0 Å². The summed E-state index contributed by atoms with van der Waals surface area (Å²) in [6, 6.07) is 6.62. The van der Waals surface area contributed by atoms with Crippen LogP contribution in [0.1, 0.15) is 16.8 Å². The molecule has 0 atom stereocenters. The minimum Gasteiger partial charge on any atom is -0.358 e. The van der Waals surface area contributed by atoms with Gasteiger partial charge in [0.2, 0.25) is 0 Å². The minimum absolute atomic E-state index is 0.132. The predicted octanol–water partition coefficient (Wildman–Crippen LogP) is 3.68. The molecule has 0 aliphatic heterocycles. The molecule has 0 amide bonds. The highest BCUT2D eigenvalue weighted by atomic mass is 19.4. The number of aryl methyl sites for hydroxylation is 2. The number of halogens is 3. The summed E-state index contributed by atoms with van der Waals surface area (Å²) in [6.45, 7) is 3.13. The van der Waals surface area contributed by atoms with E-state index >= 15 is 0 Å². The molecule has 0 saturated carbocycles. The molecule has 0 aliphatic carbocycles.